The second kappa shape index (κ2) is 9.07. The number of fused-ring (bicyclic) bond motifs is 1. The van der Waals surface area contributed by atoms with E-state index < -0.39 is 11.6 Å². The summed E-state index contributed by atoms with van der Waals surface area (Å²) in [5.41, 5.74) is 0. The highest BCUT2D eigenvalue weighted by Gasteiger charge is 2.20. The number of guanidine groups is 1. The highest BCUT2D eigenvalue weighted by molar-refractivity contribution is 5.79. The van der Waals surface area contributed by atoms with Crippen molar-refractivity contribution in [3.8, 4) is 17.2 Å². The minimum absolute atomic E-state index is 0.00701. The minimum atomic E-state index is -0.729. The van der Waals surface area contributed by atoms with Gasteiger partial charge >= 0.3 is 0 Å². The molecule has 0 fully saturated rings. The Kier molecular flexibility index (Phi) is 6.30. The summed E-state index contributed by atoms with van der Waals surface area (Å²) in [4.78, 5) is 4.11. The van der Waals surface area contributed by atoms with Crippen LogP contribution < -0.4 is 24.8 Å². The Morgan fingerprint density at radius 2 is 2.00 bits per heavy atom. The lowest BCUT2D eigenvalue weighted by atomic mass is 10.2. The summed E-state index contributed by atoms with van der Waals surface area (Å²) in [5.74, 6) is 0.647. The lowest BCUT2D eigenvalue weighted by Crippen LogP contribution is -2.46. The predicted molar refractivity (Wildman–Crippen MR) is 97.6 cm³/mol. The van der Waals surface area contributed by atoms with Crippen molar-refractivity contribution in [2.24, 2.45) is 4.99 Å². The van der Waals surface area contributed by atoms with Gasteiger partial charge in [-0.25, -0.2) is 8.78 Å². The van der Waals surface area contributed by atoms with Crippen LogP contribution in [0.15, 0.2) is 47.5 Å². The van der Waals surface area contributed by atoms with E-state index in [9.17, 15) is 8.78 Å². The Morgan fingerprint density at radius 1 is 1.19 bits per heavy atom. The number of benzene rings is 2. The van der Waals surface area contributed by atoms with Crippen LogP contribution in [0.2, 0.25) is 0 Å². The summed E-state index contributed by atoms with van der Waals surface area (Å²) in [6, 6.07) is 10.7. The fourth-order valence-electron chi connectivity index (χ4n) is 2.52. The van der Waals surface area contributed by atoms with Crippen molar-refractivity contribution in [3.05, 3.63) is 54.1 Å². The summed E-state index contributed by atoms with van der Waals surface area (Å²) in [7, 11) is 1.64. The van der Waals surface area contributed by atoms with Gasteiger partial charge in [0.15, 0.2) is 29.0 Å². The number of hydrogen-bond acceptors (Lipinski definition) is 4. The van der Waals surface area contributed by atoms with E-state index in [1.807, 2.05) is 24.3 Å². The Bertz CT molecular complexity index is 802. The topological polar surface area (TPSA) is 64.1 Å². The molecule has 2 aromatic rings. The molecule has 2 N–H and O–H groups in total. The van der Waals surface area contributed by atoms with E-state index in [1.165, 1.54) is 6.07 Å². The van der Waals surface area contributed by atoms with E-state index >= 15 is 0 Å². The first-order chi connectivity index (χ1) is 13.2. The Labute approximate surface area is 156 Å². The van der Waals surface area contributed by atoms with E-state index in [0.29, 0.717) is 31.4 Å². The molecular formula is C19H21F2N3O3. The zero-order chi connectivity index (χ0) is 19.1. The average Bonchev–Trinajstić information content (AvgIpc) is 2.68. The summed E-state index contributed by atoms with van der Waals surface area (Å²) < 4.78 is 43.2. The van der Waals surface area contributed by atoms with Crippen LogP contribution in [0.5, 0.6) is 17.2 Å². The summed E-state index contributed by atoms with van der Waals surface area (Å²) in [5, 5.41) is 6.19. The third-order valence-corrected chi connectivity index (χ3v) is 3.83. The summed E-state index contributed by atoms with van der Waals surface area (Å²) in [6.45, 7) is 1.52. The van der Waals surface area contributed by atoms with Gasteiger partial charge in [0, 0.05) is 13.1 Å². The van der Waals surface area contributed by atoms with Crippen LogP contribution >= 0.6 is 0 Å². The Balaban J connectivity index is 1.38. The van der Waals surface area contributed by atoms with Crippen LogP contribution in [0.4, 0.5) is 8.78 Å². The zero-order valence-corrected chi connectivity index (χ0v) is 14.9. The van der Waals surface area contributed by atoms with Crippen molar-refractivity contribution in [3.63, 3.8) is 0 Å². The molecule has 1 unspecified atom stereocenters. The van der Waals surface area contributed by atoms with E-state index in [0.717, 1.165) is 17.9 Å². The van der Waals surface area contributed by atoms with Crippen molar-refractivity contribution in [1.82, 2.24) is 10.6 Å². The first-order valence-corrected chi connectivity index (χ1v) is 8.56. The molecule has 0 radical (unpaired) electrons. The van der Waals surface area contributed by atoms with Crippen LogP contribution in [0.1, 0.15) is 0 Å². The van der Waals surface area contributed by atoms with Crippen LogP contribution in [-0.4, -0.2) is 45.4 Å². The average molecular weight is 377 g/mol. The van der Waals surface area contributed by atoms with Crippen LogP contribution in [0.3, 0.4) is 0 Å². The SMILES string of the molecule is CN=C(NCCOc1ccc(F)cc1F)NCC1COc2ccccc2O1. The monoisotopic (exact) mass is 377 g/mol. The normalized spacial score (nSPS) is 16.0. The quantitative estimate of drug-likeness (QED) is 0.460. The van der Waals surface area contributed by atoms with E-state index in [-0.39, 0.29) is 18.5 Å². The molecule has 0 saturated carbocycles. The third-order valence-electron chi connectivity index (χ3n) is 3.83. The first-order valence-electron chi connectivity index (χ1n) is 8.56. The number of aliphatic imine (C=N–C) groups is 1. The maximum atomic E-state index is 13.5. The standard InChI is InChI=1S/C19H21F2N3O3/c1-22-19(23-8-9-25-16-7-6-13(20)10-15(16)21)24-11-14-12-26-17-4-2-3-5-18(17)27-14/h2-7,10,14H,8-9,11-12H2,1H3,(H2,22,23,24). The maximum Gasteiger partial charge on any atom is 0.191 e. The molecule has 1 heterocycles. The van der Waals surface area contributed by atoms with Crippen molar-refractivity contribution in [2.45, 2.75) is 6.10 Å². The molecule has 2 aromatic carbocycles. The second-order valence-corrected chi connectivity index (χ2v) is 5.80. The second-order valence-electron chi connectivity index (χ2n) is 5.80. The fourth-order valence-corrected chi connectivity index (χ4v) is 2.52. The molecule has 0 aromatic heterocycles. The molecule has 0 spiro atoms. The third kappa shape index (κ3) is 5.22. The van der Waals surface area contributed by atoms with Gasteiger partial charge in [-0.2, -0.15) is 0 Å². The molecule has 0 amide bonds. The first kappa shape index (κ1) is 18.8. The fraction of sp³-hybridized carbons (Fsp3) is 0.316. The zero-order valence-electron chi connectivity index (χ0n) is 14.9. The Hall–Kier alpha value is -3.03. The summed E-state index contributed by atoms with van der Waals surface area (Å²) in [6.07, 6.45) is -0.150. The molecular weight excluding hydrogens is 356 g/mol. The molecule has 1 atom stereocenters. The minimum Gasteiger partial charge on any atom is -0.489 e. The molecule has 144 valence electrons. The largest absolute Gasteiger partial charge is 0.489 e. The van der Waals surface area contributed by atoms with Gasteiger partial charge in [-0.1, -0.05) is 12.1 Å². The van der Waals surface area contributed by atoms with Crippen LogP contribution in [-0.2, 0) is 0 Å². The van der Waals surface area contributed by atoms with E-state index in [2.05, 4.69) is 15.6 Å². The number of ether oxygens (including phenoxy) is 3. The molecule has 0 saturated heterocycles. The molecule has 6 nitrogen and oxygen atoms in total. The van der Waals surface area contributed by atoms with Gasteiger partial charge in [0.05, 0.1) is 13.1 Å². The number of halogens is 2. The highest BCUT2D eigenvalue weighted by Crippen LogP contribution is 2.30. The smallest absolute Gasteiger partial charge is 0.191 e. The molecule has 1 aliphatic rings. The van der Waals surface area contributed by atoms with E-state index in [1.54, 1.807) is 7.05 Å². The van der Waals surface area contributed by atoms with Crippen LogP contribution in [0.25, 0.3) is 0 Å². The van der Waals surface area contributed by atoms with Gasteiger partial charge in [-0.05, 0) is 24.3 Å². The van der Waals surface area contributed by atoms with Gasteiger partial charge in [-0.15, -0.1) is 0 Å². The Morgan fingerprint density at radius 3 is 2.78 bits per heavy atom. The van der Waals surface area contributed by atoms with Crippen molar-refractivity contribution >= 4 is 5.96 Å². The molecule has 1 aliphatic heterocycles. The predicted octanol–water partition coefficient (Wildman–Crippen LogP) is 2.35. The number of rotatable bonds is 6. The molecule has 3 rings (SSSR count). The van der Waals surface area contributed by atoms with Gasteiger partial charge in [0.1, 0.15) is 25.1 Å². The highest BCUT2D eigenvalue weighted by atomic mass is 19.1. The molecule has 27 heavy (non-hydrogen) atoms. The molecule has 0 bridgehead atoms. The van der Waals surface area contributed by atoms with E-state index in [4.69, 9.17) is 14.2 Å². The van der Waals surface area contributed by atoms with Crippen molar-refractivity contribution < 1.29 is 23.0 Å². The number of hydrogen-bond donors (Lipinski definition) is 2. The van der Waals surface area contributed by atoms with Crippen molar-refractivity contribution in [2.75, 3.05) is 33.4 Å². The van der Waals surface area contributed by atoms with Gasteiger partial charge < -0.3 is 24.8 Å². The number of para-hydroxylation sites is 2. The lowest BCUT2D eigenvalue weighted by molar-refractivity contribution is 0.0936. The van der Waals surface area contributed by atoms with Crippen molar-refractivity contribution in [1.29, 1.82) is 0 Å². The van der Waals surface area contributed by atoms with Gasteiger partial charge in [-0.3, -0.25) is 4.99 Å². The lowest BCUT2D eigenvalue weighted by Gasteiger charge is -2.27. The maximum absolute atomic E-state index is 13.5. The molecule has 8 heteroatoms. The summed E-state index contributed by atoms with van der Waals surface area (Å²) >= 11 is 0. The van der Waals surface area contributed by atoms with Gasteiger partial charge in [0.2, 0.25) is 0 Å². The van der Waals surface area contributed by atoms with Crippen LogP contribution in [0, 0.1) is 11.6 Å². The molecule has 0 aliphatic carbocycles. The van der Waals surface area contributed by atoms with Gasteiger partial charge in [0.25, 0.3) is 0 Å². The number of nitrogens with one attached hydrogen (secondary N) is 2. The number of nitrogens with zero attached hydrogens (tertiary/aromatic N) is 1.